The maximum Gasteiger partial charge on any atom is 0.238 e. The van der Waals surface area contributed by atoms with Crippen molar-refractivity contribution in [3.63, 3.8) is 0 Å². The number of benzene rings is 2. The molecule has 4 rings (SSSR count). The van der Waals surface area contributed by atoms with E-state index in [4.69, 9.17) is 27.9 Å². The molecule has 0 radical (unpaired) electrons. The van der Waals surface area contributed by atoms with Gasteiger partial charge in [0.05, 0.1) is 16.6 Å². The van der Waals surface area contributed by atoms with Gasteiger partial charge < -0.3 is 15.0 Å². The van der Waals surface area contributed by atoms with Crippen LogP contribution in [0.2, 0.25) is 10.0 Å². The number of rotatable bonds is 6. The molecule has 1 saturated heterocycles. The molecule has 32 heavy (non-hydrogen) atoms. The summed E-state index contributed by atoms with van der Waals surface area (Å²) >= 11 is 12.0. The van der Waals surface area contributed by atoms with Gasteiger partial charge in [0.2, 0.25) is 17.7 Å². The fourth-order valence-electron chi connectivity index (χ4n) is 3.49. The normalized spacial score (nSPS) is 15.7. The molecule has 0 aliphatic carbocycles. The molecule has 0 spiro atoms. The van der Waals surface area contributed by atoms with Gasteiger partial charge >= 0.3 is 0 Å². The number of halogens is 2. The molecule has 0 saturated carbocycles. The van der Waals surface area contributed by atoms with Crippen LogP contribution in [0.1, 0.15) is 17.5 Å². The van der Waals surface area contributed by atoms with E-state index in [1.807, 2.05) is 31.2 Å². The maximum absolute atomic E-state index is 12.9. The number of likely N-dealkylation sites (tertiary alicyclic amines) is 1. The van der Waals surface area contributed by atoms with Gasteiger partial charge in [0.25, 0.3) is 0 Å². The number of anilines is 1. The highest BCUT2D eigenvalue weighted by Gasteiger charge is 2.34. The fraction of sp³-hybridized carbons (Fsp3) is 0.208. The van der Waals surface area contributed by atoms with Crippen LogP contribution >= 0.6 is 23.2 Å². The number of carbonyl (C=O) groups is 2. The molecule has 0 bridgehead atoms. The molecule has 1 fully saturated rings. The molecular weight excluding hydrogens is 449 g/mol. The number of ether oxygens (including phenoxy) is 1. The van der Waals surface area contributed by atoms with E-state index in [-0.39, 0.29) is 29.1 Å². The van der Waals surface area contributed by atoms with E-state index in [1.165, 1.54) is 12.3 Å². The first-order valence-electron chi connectivity index (χ1n) is 10.1. The summed E-state index contributed by atoms with van der Waals surface area (Å²) in [5.74, 6) is -0.155. The Hall–Kier alpha value is -3.09. The van der Waals surface area contributed by atoms with Gasteiger partial charge in [-0.3, -0.25) is 9.59 Å². The lowest BCUT2D eigenvalue weighted by Gasteiger charge is -2.17. The smallest absolute Gasteiger partial charge is 0.238 e. The summed E-state index contributed by atoms with van der Waals surface area (Å²) in [5, 5.41) is 3.53. The molecule has 164 valence electrons. The van der Waals surface area contributed by atoms with E-state index in [0.717, 1.165) is 11.1 Å². The zero-order valence-corrected chi connectivity index (χ0v) is 18.9. The average Bonchev–Trinajstić information content (AvgIpc) is 3.13. The molecule has 2 amide bonds. The molecule has 1 aliphatic rings. The largest absolute Gasteiger partial charge is 0.435 e. The molecule has 8 heteroatoms. The Bertz CT molecular complexity index is 1150. The number of para-hydroxylation sites is 2. The van der Waals surface area contributed by atoms with Crippen LogP contribution in [0.25, 0.3) is 0 Å². The molecule has 2 heterocycles. The van der Waals surface area contributed by atoms with Crippen molar-refractivity contribution < 1.29 is 14.3 Å². The summed E-state index contributed by atoms with van der Waals surface area (Å²) in [6.07, 6.45) is 1.60. The third-order valence-electron chi connectivity index (χ3n) is 5.20. The number of pyridine rings is 1. The number of amides is 2. The van der Waals surface area contributed by atoms with Crippen LogP contribution in [0.3, 0.4) is 0 Å². The molecule has 2 aromatic carbocycles. The van der Waals surface area contributed by atoms with Crippen molar-refractivity contribution in [2.24, 2.45) is 5.92 Å². The Labute approximate surface area is 196 Å². The number of hydrogen-bond acceptors (Lipinski definition) is 4. The predicted octanol–water partition coefficient (Wildman–Crippen LogP) is 5.48. The van der Waals surface area contributed by atoms with E-state index in [2.05, 4.69) is 10.3 Å². The van der Waals surface area contributed by atoms with Crippen molar-refractivity contribution in [2.45, 2.75) is 19.9 Å². The number of carbonyl (C=O) groups excluding carboxylic acids is 2. The molecule has 1 atom stereocenters. The number of aryl methyl sites for hydroxylation is 1. The van der Waals surface area contributed by atoms with E-state index in [9.17, 15) is 9.59 Å². The SMILES string of the molecule is Cc1ccc(CN2CC(C(=O)Nc3ccccc3Oc3ncc(Cl)cc3Cl)CC2=O)cc1. The minimum atomic E-state index is -0.446. The minimum Gasteiger partial charge on any atom is -0.435 e. The van der Waals surface area contributed by atoms with E-state index in [1.54, 1.807) is 29.2 Å². The Morgan fingerprint density at radius 2 is 1.94 bits per heavy atom. The van der Waals surface area contributed by atoms with Crippen molar-refractivity contribution in [3.05, 3.63) is 82.0 Å². The van der Waals surface area contributed by atoms with Gasteiger partial charge in [-0.25, -0.2) is 4.98 Å². The summed E-state index contributed by atoms with van der Waals surface area (Å²) in [6.45, 7) is 2.87. The summed E-state index contributed by atoms with van der Waals surface area (Å²) in [4.78, 5) is 31.2. The number of nitrogens with zero attached hydrogens (tertiary/aromatic N) is 2. The second kappa shape index (κ2) is 9.59. The summed E-state index contributed by atoms with van der Waals surface area (Å²) in [5.41, 5.74) is 2.67. The van der Waals surface area contributed by atoms with Gasteiger partial charge in [0, 0.05) is 25.7 Å². The van der Waals surface area contributed by atoms with Crippen LogP contribution in [0.5, 0.6) is 11.6 Å². The first-order valence-corrected chi connectivity index (χ1v) is 10.9. The van der Waals surface area contributed by atoms with Crippen LogP contribution in [0, 0.1) is 12.8 Å². The van der Waals surface area contributed by atoms with Gasteiger partial charge in [-0.1, -0.05) is 65.2 Å². The van der Waals surface area contributed by atoms with Gasteiger partial charge in [-0.2, -0.15) is 0 Å². The second-order valence-electron chi connectivity index (χ2n) is 7.69. The zero-order valence-electron chi connectivity index (χ0n) is 17.3. The van der Waals surface area contributed by atoms with Crippen LogP contribution in [0.4, 0.5) is 5.69 Å². The summed E-state index contributed by atoms with van der Waals surface area (Å²) < 4.78 is 5.80. The minimum absolute atomic E-state index is 0.0348. The van der Waals surface area contributed by atoms with Crippen LogP contribution in [-0.2, 0) is 16.1 Å². The first kappa shape index (κ1) is 22.1. The number of aromatic nitrogens is 1. The number of hydrogen-bond donors (Lipinski definition) is 1. The molecule has 3 aromatic rings. The topological polar surface area (TPSA) is 71.5 Å². The van der Waals surface area contributed by atoms with E-state index >= 15 is 0 Å². The Kier molecular flexibility index (Phi) is 6.63. The van der Waals surface area contributed by atoms with Gasteiger partial charge in [-0.05, 0) is 30.7 Å². The standard InChI is InChI=1S/C24H21Cl2N3O3/c1-15-6-8-16(9-7-15)13-29-14-17(10-22(29)30)23(31)28-20-4-2-3-5-21(20)32-24-19(26)11-18(25)12-27-24/h2-9,11-12,17H,10,13-14H2,1H3,(H,28,31). The molecular formula is C24H21Cl2N3O3. The van der Waals surface area contributed by atoms with E-state index in [0.29, 0.717) is 29.5 Å². The lowest BCUT2D eigenvalue weighted by molar-refractivity contribution is -0.128. The molecule has 1 N–H and O–H groups in total. The first-order chi connectivity index (χ1) is 15.4. The number of nitrogens with one attached hydrogen (secondary N) is 1. The van der Waals surface area contributed by atoms with Crippen molar-refractivity contribution in [3.8, 4) is 11.6 Å². The lowest BCUT2D eigenvalue weighted by Crippen LogP contribution is -2.28. The van der Waals surface area contributed by atoms with Gasteiger partial charge in [0.1, 0.15) is 5.02 Å². The third kappa shape index (κ3) is 5.21. The highest BCUT2D eigenvalue weighted by atomic mass is 35.5. The average molecular weight is 470 g/mol. The maximum atomic E-state index is 12.9. The van der Waals surface area contributed by atoms with Crippen molar-refractivity contribution in [2.75, 3.05) is 11.9 Å². The molecule has 6 nitrogen and oxygen atoms in total. The molecule has 1 aromatic heterocycles. The second-order valence-corrected chi connectivity index (χ2v) is 8.53. The van der Waals surface area contributed by atoms with E-state index < -0.39 is 5.92 Å². The Morgan fingerprint density at radius 1 is 1.19 bits per heavy atom. The Morgan fingerprint density at radius 3 is 2.69 bits per heavy atom. The quantitative estimate of drug-likeness (QED) is 0.518. The molecule has 1 aliphatic heterocycles. The molecule has 1 unspecified atom stereocenters. The third-order valence-corrected chi connectivity index (χ3v) is 5.68. The van der Waals surface area contributed by atoms with Crippen LogP contribution in [-0.4, -0.2) is 28.2 Å². The Balaban J connectivity index is 1.43. The van der Waals surface area contributed by atoms with Crippen LogP contribution < -0.4 is 10.1 Å². The summed E-state index contributed by atoms with van der Waals surface area (Å²) in [7, 11) is 0. The summed E-state index contributed by atoms with van der Waals surface area (Å²) in [6, 6.07) is 16.5. The van der Waals surface area contributed by atoms with Crippen molar-refractivity contribution in [1.82, 2.24) is 9.88 Å². The highest BCUT2D eigenvalue weighted by Crippen LogP contribution is 2.34. The van der Waals surface area contributed by atoms with Gasteiger partial charge in [0.15, 0.2) is 5.75 Å². The predicted molar refractivity (Wildman–Crippen MR) is 124 cm³/mol. The van der Waals surface area contributed by atoms with Crippen LogP contribution in [0.15, 0.2) is 60.8 Å². The zero-order chi connectivity index (χ0) is 22.7. The van der Waals surface area contributed by atoms with Gasteiger partial charge in [-0.15, -0.1) is 0 Å². The van der Waals surface area contributed by atoms with Crippen molar-refractivity contribution in [1.29, 1.82) is 0 Å². The highest BCUT2D eigenvalue weighted by molar-refractivity contribution is 6.35. The fourth-order valence-corrected chi connectivity index (χ4v) is 3.91. The monoisotopic (exact) mass is 469 g/mol. The van der Waals surface area contributed by atoms with Crippen molar-refractivity contribution >= 4 is 40.7 Å². The lowest BCUT2D eigenvalue weighted by atomic mass is 10.1.